The Bertz CT molecular complexity index is 1570. The Morgan fingerprint density at radius 1 is 1.00 bits per heavy atom. The number of carbonyl (C=O) groups is 2. The van der Waals surface area contributed by atoms with E-state index in [9.17, 15) is 27.6 Å². The van der Waals surface area contributed by atoms with Crippen LogP contribution >= 0.6 is 0 Å². The number of anilines is 1. The minimum Gasteiger partial charge on any atom is -0.444 e. The van der Waals surface area contributed by atoms with Crippen LogP contribution in [0.4, 0.5) is 18.9 Å². The maximum absolute atomic E-state index is 13.1. The van der Waals surface area contributed by atoms with Gasteiger partial charge in [-0.25, -0.2) is 9.78 Å². The second-order valence-corrected chi connectivity index (χ2v) is 8.58. The summed E-state index contributed by atoms with van der Waals surface area (Å²) in [5.41, 5.74) is -0.451. The van der Waals surface area contributed by atoms with Crippen molar-refractivity contribution in [3.63, 3.8) is 0 Å². The summed E-state index contributed by atoms with van der Waals surface area (Å²) in [6, 6.07) is 16.6. The van der Waals surface area contributed by atoms with E-state index >= 15 is 0 Å². The van der Waals surface area contributed by atoms with Crippen LogP contribution in [0.25, 0.3) is 10.9 Å². The lowest BCUT2D eigenvalue weighted by atomic mass is 10.1. The molecule has 7 nitrogen and oxygen atoms in total. The SMILES string of the molecule is O=C(O[C@@H](C(=O)Nc1cccc(C(F)(F)F)c1)c1ccccc1)c1ccc2c(=O)n3c(nc2c1)CCC3. The minimum atomic E-state index is -4.58. The van der Waals surface area contributed by atoms with Gasteiger partial charge < -0.3 is 10.1 Å². The molecule has 2 heterocycles. The summed E-state index contributed by atoms with van der Waals surface area (Å²) in [6.45, 7) is 0.598. The van der Waals surface area contributed by atoms with E-state index in [1.54, 1.807) is 34.9 Å². The highest BCUT2D eigenvalue weighted by Gasteiger charge is 2.31. The molecule has 0 spiro atoms. The van der Waals surface area contributed by atoms with Crippen LogP contribution in [0.1, 0.15) is 39.8 Å². The van der Waals surface area contributed by atoms with Gasteiger partial charge >= 0.3 is 12.1 Å². The minimum absolute atomic E-state index is 0.0788. The van der Waals surface area contributed by atoms with Gasteiger partial charge in [-0.3, -0.25) is 14.2 Å². The summed E-state index contributed by atoms with van der Waals surface area (Å²) >= 11 is 0. The number of nitrogens with zero attached hydrogens (tertiary/aromatic N) is 2. The van der Waals surface area contributed by atoms with Gasteiger partial charge in [0.2, 0.25) is 6.10 Å². The molecule has 1 atom stereocenters. The van der Waals surface area contributed by atoms with Gasteiger partial charge in [-0.05, 0) is 42.8 Å². The molecular formula is C27H20F3N3O4. The quantitative estimate of drug-likeness (QED) is 0.388. The van der Waals surface area contributed by atoms with Crippen molar-refractivity contribution in [1.29, 1.82) is 0 Å². The normalized spacial score (nSPS) is 13.7. The van der Waals surface area contributed by atoms with Crippen LogP contribution in [0.2, 0.25) is 0 Å². The van der Waals surface area contributed by atoms with Gasteiger partial charge in [-0.1, -0.05) is 36.4 Å². The second-order valence-electron chi connectivity index (χ2n) is 8.58. The summed E-state index contributed by atoms with van der Waals surface area (Å²) in [7, 11) is 0. The van der Waals surface area contributed by atoms with Crippen LogP contribution in [0.15, 0.2) is 77.6 Å². The third-order valence-electron chi connectivity index (χ3n) is 6.07. The predicted octanol–water partition coefficient (Wildman–Crippen LogP) is 4.90. The fourth-order valence-electron chi connectivity index (χ4n) is 4.27. The van der Waals surface area contributed by atoms with Crippen molar-refractivity contribution in [3.05, 3.63) is 106 Å². The van der Waals surface area contributed by atoms with Gasteiger partial charge in [0.1, 0.15) is 5.82 Å². The van der Waals surface area contributed by atoms with Crippen LogP contribution in [-0.4, -0.2) is 21.4 Å². The number of amides is 1. The lowest BCUT2D eigenvalue weighted by Gasteiger charge is -2.19. The molecule has 5 rings (SSSR count). The number of rotatable bonds is 5. The first kappa shape index (κ1) is 24.2. The second kappa shape index (κ2) is 9.53. The van der Waals surface area contributed by atoms with Crippen molar-refractivity contribution in [2.75, 3.05) is 5.32 Å². The standard InChI is InChI=1S/C27H20F3N3O4/c28-27(29,30)18-8-4-9-19(15-18)31-24(34)23(16-6-2-1-3-7-16)37-26(36)17-11-12-20-21(14-17)32-22-10-5-13-33(22)25(20)35/h1-4,6-9,11-12,14-15,23H,5,10,13H2,(H,31,34)/t23-/m1/s1. The number of ether oxygens (including phenoxy) is 1. The third-order valence-corrected chi connectivity index (χ3v) is 6.07. The van der Waals surface area contributed by atoms with E-state index in [1.165, 1.54) is 30.3 Å². The summed E-state index contributed by atoms with van der Waals surface area (Å²) in [6.07, 6.45) is -4.56. The molecule has 0 saturated heterocycles. The molecule has 0 saturated carbocycles. The Balaban J connectivity index is 1.43. The van der Waals surface area contributed by atoms with Crippen molar-refractivity contribution in [2.45, 2.75) is 31.7 Å². The molecule has 1 aromatic heterocycles. The fraction of sp³-hybridized carbons (Fsp3) is 0.185. The predicted molar refractivity (Wildman–Crippen MR) is 129 cm³/mol. The smallest absolute Gasteiger partial charge is 0.416 e. The molecule has 0 bridgehead atoms. The van der Waals surface area contributed by atoms with E-state index in [2.05, 4.69) is 10.3 Å². The molecule has 4 aromatic rings. The van der Waals surface area contributed by atoms with Gasteiger partial charge in [-0.2, -0.15) is 13.2 Å². The van der Waals surface area contributed by atoms with E-state index in [1.807, 2.05) is 0 Å². The number of nitrogens with one attached hydrogen (secondary N) is 1. The van der Waals surface area contributed by atoms with E-state index < -0.39 is 29.7 Å². The van der Waals surface area contributed by atoms with Crippen molar-refractivity contribution in [1.82, 2.24) is 9.55 Å². The van der Waals surface area contributed by atoms with Gasteiger partial charge in [0.15, 0.2) is 0 Å². The van der Waals surface area contributed by atoms with E-state index in [4.69, 9.17) is 4.74 Å². The topological polar surface area (TPSA) is 90.3 Å². The number of carbonyl (C=O) groups excluding carboxylic acids is 2. The number of fused-ring (bicyclic) bond motifs is 2. The average molecular weight is 507 g/mol. The molecule has 1 aliphatic heterocycles. The number of halogens is 3. The highest BCUT2D eigenvalue weighted by atomic mass is 19.4. The number of aryl methyl sites for hydroxylation is 1. The Morgan fingerprint density at radius 3 is 2.54 bits per heavy atom. The number of esters is 1. The zero-order valence-corrected chi connectivity index (χ0v) is 19.3. The maximum atomic E-state index is 13.1. The van der Waals surface area contributed by atoms with Crippen LogP contribution in [-0.2, 0) is 28.7 Å². The van der Waals surface area contributed by atoms with Crippen LogP contribution < -0.4 is 10.9 Å². The molecule has 0 fully saturated rings. The van der Waals surface area contributed by atoms with Gasteiger partial charge in [-0.15, -0.1) is 0 Å². The first-order chi connectivity index (χ1) is 17.7. The van der Waals surface area contributed by atoms with Crippen molar-refractivity contribution in [2.24, 2.45) is 0 Å². The molecular weight excluding hydrogens is 487 g/mol. The number of hydrogen-bond donors (Lipinski definition) is 1. The molecule has 0 aliphatic carbocycles. The zero-order valence-electron chi connectivity index (χ0n) is 19.3. The van der Waals surface area contributed by atoms with Crippen LogP contribution in [0.3, 0.4) is 0 Å². The molecule has 1 N–H and O–H groups in total. The van der Waals surface area contributed by atoms with Crippen molar-refractivity contribution >= 4 is 28.5 Å². The first-order valence-electron chi connectivity index (χ1n) is 11.5. The molecule has 188 valence electrons. The Hall–Kier alpha value is -4.47. The summed E-state index contributed by atoms with van der Waals surface area (Å²) in [4.78, 5) is 43.4. The van der Waals surface area contributed by atoms with Crippen LogP contribution in [0, 0.1) is 0 Å². The lowest BCUT2D eigenvalue weighted by Crippen LogP contribution is -2.26. The monoisotopic (exact) mass is 507 g/mol. The molecule has 0 radical (unpaired) electrons. The van der Waals surface area contributed by atoms with E-state index in [0.717, 1.165) is 18.6 Å². The number of alkyl halides is 3. The van der Waals surface area contributed by atoms with Gasteiger partial charge in [0, 0.05) is 24.2 Å². The number of hydrogen-bond acceptors (Lipinski definition) is 5. The lowest BCUT2D eigenvalue weighted by molar-refractivity contribution is -0.137. The van der Waals surface area contributed by atoms with Crippen LogP contribution in [0.5, 0.6) is 0 Å². The Morgan fingerprint density at radius 2 is 1.78 bits per heavy atom. The largest absolute Gasteiger partial charge is 0.444 e. The highest BCUT2D eigenvalue weighted by Crippen LogP contribution is 2.31. The molecule has 0 unspecified atom stereocenters. The van der Waals surface area contributed by atoms with Crippen molar-refractivity contribution < 1.29 is 27.5 Å². The Labute approximate surface area is 208 Å². The third kappa shape index (κ3) is 4.95. The van der Waals surface area contributed by atoms with Gasteiger partial charge in [0.25, 0.3) is 11.5 Å². The molecule has 10 heteroatoms. The number of aromatic nitrogens is 2. The maximum Gasteiger partial charge on any atom is 0.416 e. The molecule has 1 amide bonds. The van der Waals surface area contributed by atoms with E-state index in [-0.39, 0.29) is 16.8 Å². The highest BCUT2D eigenvalue weighted by molar-refractivity contribution is 5.99. The zero-order chi connectivity index (χ0) is 26.2. The summed E-state index contributed by atoms with van der Waals surface area (Å²) in [5, 5.41) is 2.77. The number of benzene rings is 3. The van der Waals surface area contributed by atoms with Crippen molar-refractivity contribution in [3.8, 4) is 0 Å². The molecule has 1 aliphatic rings. The fourth-order valence-corrected chi connectivity index (χ4v) is 4.27. The first-order valence-corrected chi connectivity index (χ1v) is 11.5. The molecule has 37 heavy (non-hydrogen) atoms. The summed E-state index contributed by atoms with van der Waals surface area (Å²) in [5.74, 6) is -1.03. The average Bonchev–Trinajstić information content (AvgIpc) is 3.36. The Kier molecular flexibility index (Phi) is 6.24. The molecule has 3 aromatic carbocycles. The van der Waals surface area contributed by atoms with Gasteiger partial charge in [0.05, 0.1) is 22.0 Å². The summed E-state index contributed by atoms with van der Waals surface area (Å²) < 4.78 is 46.4. The van der Waals surface area contributed by atoms with E-state index in [0.29, 0.717) is 35.3 Å².